The molecule has 0 spiro atoms. The number of nitrogens with zero attached hydrogens (tertiary/aromatic N) is 1. The number of carbonyl (C=O) groups is 6. The summed E-state index contributed by atoms with van der Waals surface area (Å²) in [7, 11) is -2.02. The molecular formula is C50H74N4O9Si. The van der Waals surface area contributed by atoms with Gasteiger partial charge >= 0.3 is 12.1 Å². The highest BCUT2D eigenvalue weighted by atomic mass is 28.4. The van der Waals surface area contributed by atoms with Crippen LogP contribution in [0.25, 0.3) is 0 Å². The Morgan fingerprint density at radius 2 is 1.59 bits per heavy atom. The first-order valence-corrected chi connectivity index (χ1v) is 27.1. The lowest BCUT2D eigenvalue weighted by Gasteiger charge is -2.44. The van der Waals surface area contributed by atoms with Crippen molar-refractivity contribution in [1.82, 2.24) is 15.5 Å². The number of esters is 1. The third kappa shape index (κ3) is 12.3. The van der Waals surface area contributed by atoms with Gasteiger partial charge < -0.3 is 24.5 Å². The average Bonchev–Trinajstić information content (AvgIpc) is 3.47. The number of carbonyl (C=O) groups excluding carboxylic acids is 6. The zero-order chi connectivity index (χ0) is 46.2. The first kappa shape index (κ1) is 49.1. The summed E-state index contributed by atoms with van der Waals surface area (Å²) in [5, 5.41) is 8.67. The summed E-state index contributed by atoms with van der Waals surface area (Å²) in [4.78, 5) is 77.3. The van der Waals surface area contributed by atoms with Gasteiger partial charge in [0, 0.05) is 37.5 Å². The molecule has 14 heteroatoms. The third-order valence-electron chi connectivity index (χ3n) is 14.6. The van der Waals surface area contributed by atoms with E-state index in [-0.39, 0.29) is 65.7 Å². The number of cyclic esters (lactones) is 1. The van der Waals surface area contributed by atoms with E-state index in [1.165, 1.54) is 5.57 Å². The molecule has 1 aromatic rings. The zero-order valence-corrected chi connectivity index (χ0v) is 40.4. The van der Waals surface area contributed by atoms with Gasteiger partial charge in [-0.15, -0.1) is 0 Å². The molecule has 1 unspecified atom stereocenters. The Morgan fingerprint density at radius 3 is 2.28 bits per heavy atom. The van der Waals surface area contributed by atoms with Crippen LogP contribution in [0.2, 0.25) is 18.1 Å². The second kappa shape index (κ2) is 21.8. The van der Waals surface area contributed by atoms with Crippen LogP contribution in [-0.4, -0.2) is 86.4 Å². The number of unbranched alkanes of at least 4 members (excludes halogenated alkanes) is 8. The molecule has 5 aliphatic rings. The Kier molecular flexibility index (Phi) is 16.7. The van der Waals surface area contributed by atoms with Crippen LogP contribution >= 0.6 is 0 Å². The molecule has 6 rings (SSSR count). The number of amides is 5. The predicted molar refractivity (Wildman–Crippen MR) is 249 cm³/mol. The lowest BCUT2D eigenvalue weighted by Crippen LogP contribution is -2.54. The van der Waals surface area contributed by atoms with E-state index in [9.17, 15) is 28.8 Å². The van der Waals surface area contributed by atoms with E-state index in [2.05, 4.69) is 81.9 Å². The molecule has 2 fully saturated rings. The molecule has 0 aromatic heterocycles. The molecule has 8 atom stereocenters. The number of imide groups is 2. The summed E-state index contributed by atoms with van der Waals surface area (Å²) >= 11 is 0. The van der Waals surface area contributed by atoms with Gasteiger partial charge in [0.2, 0.25) is 11.8 Å². The Balaban J connectivity index is 0.844. The van der Waals surface area contributed by atoms with Gasteiger partial charge in [0.15, 0.2) is 8.32 Å². The minimum Gasteiger partial charge on any atom is -0.462 e. The number of benzene rings is 1. The fraction of sp³-hybridized carbons (Fsp3) is 0.680. The number of alkyl carbamates (subject to hydrolysis) is 1. The van der Waals surface area contributed by atoms with Crippen molar-refractivity contribution < 1.29 is 42.7 Å². The number of hydrogen-bond acceptors (Lipinski definition) is 10. The molecule has 13 nitrogen and oxygen atoms in total. The van der Waals surface area contributed by atoms with Crippen molar-refractivity contribution in [1.29, 1.82) is 0 Å². The van der Waals surface area contributed by atoms with Crippen LogP contribution in [0.1, 0.15) is 158 Å². The number of allylic oxidation sites excluding steroid dienone is 3. The minimum atomic E-state index is -2.02. The van der Waals surface area contributed by atoms with E-state index in [0.29, 0.717) is 42.6 Å². The number of hydrogen-bond donors (Lipinski definition) is 3. The molecule has 0 saturated carbocycles. The second-order valence-electron chi connectivity index (χ2n) is 20.6. The van der Waals surface area contributed by atoms with Gasteiger partial charge in [-0.05, 0) is 92.1 Å². The summed E-state index contributed by atoms with van der Waals surface area (Å²) in [5.41, 5.74) is 2.41. The van der Waals surface area contributed by atoms with Crippen molar-refractivity contribution in [2.24, 2.45) is 23.7 Å². The van der Waals surface area contributed by atoms with Gasteiger partial charge in [-0.25, -0.2) is 4.79 Å². The molecule has 2 saturated heterocycles. The summed E-state index contributed by atoms with van der Waals surface area (Å²) in [6.07, 6.45) is 19.3. The normalized spacial score (nSPS) is 27.1. The van der Waals surface area contributed by atoms with Gasteiger partial charge in [-0.1, -0.05) is 104 Å². The van der Waals surface area contributed by atoms with E-state index in [1.807, 2.05) is 0 Å². The van der Waals surface area contributed by atoms with Crippen LogP contribution < -0.4 is 16.0 Å². The number of fused-ring (bicyclic) bond motifs is 2. The van der Waals surface area contributed by atoms with Gasteiger partial charge in [-0.2, -0.15) is 0 Å². The Hall–Kier alpha value is -4.30. The van der Waals surface area contributed by atoms with Crippen molar-refractivity contribution in [2.75, 3.05) is 18.4 Å². The van der Waals surface area contributed by atoms with E-state index in [1.54, 1.807) is 18.2 Å². The SMILES string of the molecule is C[C@H]1C=C2C=C[C@H](C)[C@H](CC[C@@H]3C[C@@H](O[Si](C)(C)C(C)(C)C)CC(=O)O3)[C@H]2[C@@H](OC(=O)NCCCCCCCCCCCNc2cccc3c2C(=O)N(C2CCC(=O)NC2=O)C3=O)C1. The summed E-state index contributed by atoms with van der Waals surface area (Å²) < 4.78 is 18.8. The van der Waals surface area contributed by atoms with Crippen molar-refractivity contribution >= 4 is 49.7 Å². The van der Waals surface area contributed by atoms with E-state index in [0.717, 1.165) is 88.4 Å². The summed E-state index contributed by atoms with van der Waals surface area (Å²) in [6.45, 7) is 16.8. The van der Waals surface area contributed by atoms with Crippen molar-refractivity contribution in [3.05, 3.63) is 53.1 Å². The molecular weight excluding hydrogens is 829 g/mol. The zero-order valence-electron chi connectivity index (χ0n) is 39.4. The van der Waals surface area contributed by atoms with Crippen LogP contribution in [0.5, 0.6) is 0 Å². The minimum absolute atomic E-state index is 0.0687. The molecule has 3 N–H and O–H groups in total. The monoisotopic (exact) mass is 903 g/mol. The molecule has 2 aliphatic carbocycles. The van der Waals surface area contributed by atoms with Crippen LogP contribution in [-0.2, 0) is 28.3 Å². The third-order valence-corrected chi connectivity index (χ3v) is 19.1. The highest BCUT2D eigenvalue weighted by Crippen LogP contribution is 2.46. The predicted octanol–water partition coefficient (Wildman–Crippen LogP) is 9.39. The quantitative estimate of drug-likeness (QED) is 0.0496. The first-order chi connectivity index (χ1) is 30.4. The van der Waals surface area contributed by atoms with Crippen LogP contribution in [0.15, 0.2) is 42.0 Å². The van der Waals surface area contributed by atoms with E-state index >= 15 is 0 Å². The summed E-state index contributed by atoms with van der Waals surface area (Å²) in [6, 6.07) is 4.15. The molecule has 0 bridgehead atoms. The molecule has 1 aromatic carbocycles. The Labute approximate surface area is 381 Å². The van der Waals surface area contributed by atoms with Gasteiger partial charge in [0.25, 0.3) is 11.8 Å². The highest BCUT2D eigenvalue weighted by Gasteiger charge is 2.47. The number of ether oxygens (including phenoxy) is 2. The molecule has 5 amide bonds. The molecule has 3 heterocycles. The number of piperidine rings is 1. The van der Waals surface area contributed by atoms with Gasteiger partial charge in [-0.3, -0.25) is 34.2 Å². The lowest BCUT2D eigenvalue weighted by molar-refractivity contribution is -0.160. The number of anilines is 1. The largest absolute Gasteiger partial charge is 0.462 e. The Bertz CT molecular complexity index is 1940. The lowest BCUT2D eigenvalue weighted by atomic mass is 9.65. The molecule has 3 aliphatic heterocycles. The van der Waals surface area contributed by atoms with Crippen molar-refractivity contribution in [2.45, 2.75) is 180 Å². The highest BCUT2D eigenvalue weighted by molar-refractivity contribution is 6.74. The summed E-state index contributed by atoms with van der Waals surface area (Å²) in [5.74, 6) is -1.17. The van der Waals surface area contributed by atoms with Crippen LogP contribution in [0.3, 0.4) is 0 Å². The fourth-order valence-electron chi connectivity index (χ4n) is 10.0. The van der Waals surface area contributed by atoms with E-state index in [4.69, 9.17) is 13.9 Å². The smallest absolute Gasteiger partial charge is 0.407 e. The number of rotatable bonds is 20. The fourth-order valence-corrected chi connectivity index (χ4v) is 11.4. The number of nitrogens with one attached hydrogen (secondary N) is 3. The molecule has 352 valence electrons. The maximum absolute atomic E-state index is 13.3. The van der Waals surface area contributed by atoms with Crippen LogP contribution in [0.4, 0.5) is 10.5 Å². The maximum Gasteiger partial charge on any atom is 0.407 e. The van der Waals surface area contributed by atoms with Crippen molar-refractivity contribution in [3.8, 4) is 0 Å². The average molecular weight is 903 g/mol. The van der Waals surface area contributed by atoms with Crippen molar-refractivity contribution in [3.63, 3.8) is 0 Å². The van der Waals surface area contributed by atoms with E-state index < -0.39 is 38.0 Å². The molecule has 0 radical (unpaired) electrons. The maximum atomic E-state index is 13.3. The van der Waals surface area contributed by atoms with Gasteiger partial charge in [0.1, 0.15) is 18.2 Å². The first-order valence-electron chi connectivity index (χ1n) is 24.2. The standard InChI is InChI=1S/C50H74N4O9Si/c1-32-28-34-21-20-33(2)37(23-22-35-30-36(31-43(56)61-35)63-64(6,7)50(3,4)5)44(34)41(29-32)62-49(60)52-27-16-14-12-10-8-9-11-13-15-26-51-39-19-17-18-38-45(39)48(59)54(47(38)58)40-24-25-42(55)53-46(40)57/h17-21,28,32-33,35-37,40-41,44,51H,8-16,22-27,29-31H2,1-7H3,(H,52,60)(H,53,55,57)/t32-,33-,35+,36+,37-,40?,41-,44-/m0/s1. The van der Waals surface area contributed by atoms with Crippen LogP contribution in [0, 0.1) is 23.7 Å². The Morgan fingerprint density at radius 1 is 0.906 bits per heavy atom. The molecule has 64 heavy (non-hydrogen) atoms. The van der Waals surface area contributed by atoms with Gasteiger partial charge in [0.05, 0.1) is 23.7 Å². The topological polar surface area (TPSA) is 169 Å². The second-order valence-corrected chi connectivity index (χ2v) is 25.3.